The van der Waals surface area contributed by atoms with Gasteiger partial charge in [0.1, 0.15) is 5.60 Å². The van der Waals surface area contributed by atoms with Crippen LogP contribution < -0.4 is 10.6 Å². The van der Waals surface area contributed by atoms with Crippen molar-refractivity contribution in [2.45, 2.75) is 63.6 Å². The van der Waals surface area contributed by atoms with Crippen LogP contribution in [0.3, 0.4) is 0 Å². The van der Waals surface area contributed by atoms with Gasteiger partial charge in [-0.15, -0.1) is 0 Å². The standard InChI is InChI=1S/C27H34N4O5/c1-25(2,3)36-24(34)31-11-9-27(35,26(16-31)8-10-28-15-26)19-4-6-21-17(13-19)12-18(14-29-21)20-5-7-22(32)30-23(20)33/h4,6,12-14,20,28,35H,5,7-11,15-16H2,1-3H3,(H,30,32,33). The highest BCUT2D eigenvalue weighted by Gasteiger charge is 2.57. The van der Waals surface area contributed by atoms with Crippen molar-refractivity contribution in [3.8, 4) is 0 Å². The van der Waals surface area contributed by atoms with Crippen LogP contribution in [-0.4, -0.2) is 64.7 Å². The van der Waals surface area contributed by atoms with Gasteiger partial charge in [0, 0.05) is 43.1 Å². The van der Waals surface area contributed by atoms with E-state index in [-0.39, 0.29) is 17.9 Å². The van der Waals surface area contributed by atoms with Crippen LogP contribution in [0.5, 0.6) is 0 Å². The van der Waals surface area contributed by atoms with E-state index in [4.69, 9.17) is 4.74 Å². The molecule has 0 bridgehead atoms. The molecule has 9 nitrogen and oxygen atoms in total. The quantitative estimate of drug-likeness (QED) is 0.549. The summed E-state index contributed by atoms with van der Waals surface area (Å²) in [5.41, 5.74) is 0.0251. The number of piperidine rings is 2. The average Bonchev–Trinajstić information content (AvgIpc) is 3.29. The van der Waals surface area contributed by atoms with Crippen molar-refractivity contribution in [1.82, 2.24) is 20.5 Å². The van der Waals surface area contributed by atoms with Gasteiger partial charge in [-0.1, -0.05) is 6.07 Å². The van der Waals surface area contributed by atoms with Crippen LogP contribution in [0, 0.1) is 5.41 Å². The minimum atomic E-state index is -1.15. The van der Waals surface area contributed by atoms with Crippen LogP contribution in [0.2, 0.25) is 0 Å². The van der Waals surface area contributed by atoms with Crippen molar-refractivity contribution >= 4 is 28.8 Å². The number of carbonyl (C=O) groups excluding carboxylic acids is 3. The number of hydrogen-bond donors (Lipinski definition) is 3. The van der Waals surface area contributed by atoms with E-state index in [9.17, 15) is 19.5 Å². The molecule has 0 aliphatic carbocycles. The van der Waals surface area contributed by atoms with E-state index in [2.05, 4.69) is 15.6 Å². The lowest BCUT2D eigenvalue weighted by molar-refractivity contribution is -0.134. The Kier molecular flexibility index (Phi) is 6.03. The molecule has 0 saturated carbocycles. The van der Waals surface area contributed by atoms with Gasteiger partial charge in [-0.05, 0) is 75.9 Å². The molecule has 0 radical (unpaired) electrons. The van der Waals surface area contributed by atoms with Crippen molar-refractivity contribution in [3.63, 3.8) is 0 Å². The summed E-state index contributed by atoms with van der Waals surface area (Å²) < 4.78 is 5.62. The van der Waals surface area contributed by atoms with Crippen LogP contribution in [0.15, 0.2) is 30.5 Å². The summed E-state index contributed by atoms with van der Waals surface area (Å²) in [6.45, 7) is 7.70. The van der Waals surface area contributed by atoms with E-state index in [1.54, 1.807) is 11.1 Å². The summed E-state index contributed by atoms with van der Waals surface area (Å²) in [5.74, 6) is -0.968. The van der Waals surface area contributed by atoms with Gasteiger partial charge in [-0.3, -0.25) is 19.9 Å². The Hall–Kier alpha value is -3.04. The topological polar surface area (TPSA) is 121 Å². The molecule has 1 aromatic heterocycles. The van der Waals surface area contributed by atoms with Crippen LogP contribution in [-0.2, 0) is 19.9 Å². The number of pyridine rings is 1. The van der Waals surface area contributed by atoms with E-state index >= 15 is 0 Å². The van der Waals surface area contributed by atoms with Gasteiger partial charge in [0.15, 0.2) is 0 Å². The first-order valence-electron chi connectivity index (χ1n) is 12.6. The minimum absolute atomic E-state index is 0.247. The van der Waals surface area contributed by atoms with E-state index in [0.29, 0.717) is 38.9 Å². The predicted octanol–water partition coefficient (Wildman–Crippen LogP) is 2.56. The highest BCUT2D eigenvalue weighted by molar-refractivity contribution is 6.01. The molecule has 3 aliphatic heterocycles. The summed E-state index contributed by atoms with van der Waals surface area (Å²) in [6, 6.07) is 7.71. The number of ether oxygens (including phenoxy) is 1. The fourth-order valence-corrected chi connectivity index (χ4v) is 5.91. The van der Waals surface area contributed by atoms with Gasteiger partial charge in [0.2, 0.25) is 11.8 Å². The lowest BCUT2D eigenvalue weighted by atomic mass is 9.63. The second-order valence-electron chi connectivity index (χ2n) is 11.4. The predicted molar refractivity (Wildman–Crippen MR) is 133 cm³/mol. The molecule has 3 unspecified atom stereocenters. The third kappa shape index (κ3) is 4.35. The number of hydrogen-bond acceptors (Lipinski definition) is 7. The normalized spacial score (nSPS) is 29.0. The van der Waals surface area contributed by atoms with E-state index < -0.39 is 22.5 Å². The third-order valence-corrected chi connectivity index (χ3v) is 7.83. The Balaban J connectivity index is 1.47. The number of imide groups is 1. The fourth-order valence-electron chi connectivity index (χ4n) is 5.91. The number of aliphatic hydroxyl groups is 1. The number of likely N-dealkylation sites (tertiary alicyclic amines) is 1. The minimum Gasteiger partial charge on any atom is -0.444 e. The van der Waals surface area contributed by atoms with Crippen molar-refractivity contribution in [3.05, 3.63) is 41.6 Å². The molecular formula is C27H34N4O5. The zero-order chi connectivity index (χ0) is 25.7. The zero-order valence-electron chi connectivity index (χ0n) is 21.1. The van der Waals surface area contributed by atoms with Crippen molar-refractivity contribution in [2.75, 3.05) is 26.2 Å². The van der Waals surface area contributed by atoms with E-state index in [1.165, 1.54) is 0 Å². The molecule has 3 saturated heterocycles. The molecule has 192 valence electrons. The largest absolute Gasteiger partial charge is 0.444 e. The first-order chi connectivity index (χ1) is 17.0. The Labute approximate surface area is 210 Å². The summed E-state index contributed by atoms with van der Waals surface area (Å²) >= 11 is 0. The van der Waals surface area contributed by atoms with Gasteiger partial charge >= 0.3 is 6.09 Å². The molecule has 3 aliphatic rings. The van der Waals surface area contributed by atoms with Gasteiger partial charge in [-0.25, -0.2) is 4.79 Å². The van der Waals surface area contributed by atoms with E-state index in [0.717, 1.165) is 35.0 Å². The molecule has 3 N–H and O–H groups in total. The first-order valence-corrected chi connectivity index (χ1v) is 12.6. The highest BCUT2D eigenvalue weighted by atomic mass is 16.6. The maximum absolute atomic E-state index is 12.9. The van der Waals surface area contributed by atoms with Crippen LogP contribution >= 0.6 is 0 Å². The number of nitrogens with zero attached hydrogens (tertiary/aromatic N) is 2. The monoisotopic (exact) mass is 494 g/mol. The maximum Gasteiger partial charge on any atom is 0.410 e. The molecule has 5 rings (SSSR count). The van der Waals surface area contributed by atoms with Crippen LogP contribution in [0.4, 0.5) is 4.79 Å². The Morgan fingerprint density at radius 3 is 2.72 bits per heavy atom. The molecule has 2 aromatic rings. The number of aromatic nitrogens is 1. The van der Waals surface area contributed by atoms with E-state index in [1.807, 2.05) is 45.0 Å². The molecule has 36 heavy (non-hydrogen) atoms. The average molecular weight is 495 g/mol. The third-order valence-electron chi connectivity index (χ3n) is 7.83. The second-order valence-corrected chi connectivity index (χ2v) is 11.4. The summed E-state index contributed by atoms with van der Waals surface area (Å²) in [6.07, 6.45) is 3.22. The van der Waals surface area contributed by atoms with Crippen LogP contribution in [0.1, 0.15) is 63.5 Å². The van der Waals surface area contributed by atoms with Crippen molar-refractivity contribution in [2.24, 2.45) is 5.41 Å². The lowest BCUT2D eigenvalue weighted by Gasteiger charge is -2.52. The van der Waals surface area contributed by atoms with Gasteiger partial charge < -0.3 is 20.1 Å². The second kappa shape index (κ2) is 8.81. The number of fused-ring (bicyclic) bond motifs is 1. The summed E-state index contributed by atoms with van der Waals surface area (Å²) in [7, 11) is 0. The number of carbonyl (C=O) groups is 3. The fraction of sp³-hybridized carbons (Fsp3) is 0.556. The Bertz CT molecular complexity index is 1220. The van der Waals surface area contributed by atoms with Crippen LogP contribution in [0.25, 0.3) is 10.9 Å². The molecule has 1 aromatic carbocycles. The molecule has 9 heteroatoms. The lowest BCUT2D eigenvalue weighted by Crippen LogP contribution is -2.60. The SMILES string of the molecule is CC(C)(C)OC(=O)N1CCC(O)(c2ccc3ncc(C4CCC(=O)NC4=O)cc3c2)C2(CCNC2)C1. The first kappa shape index (κ1) is 24.6. The summed E-state index contributed by atoms with van der Waals surface area (Å²) in [4.78, 5) is 43.1. The smallest absolute Gasteiger partial charge is 0.410 e. The van der Waals surface area contributed by atoms with Gasteiger partial charge in [-0.2, -0.15) is 0 Å². The van der Waals surface area contributed by atoms with Crippen molar-refractivity contribution < 1.29 is 24.2 Å². The number of nitrogens with one attached hydrogen (secondary N) is 2. The zero-order valence-corrected chi connectivity index (χ0v) is 21.1. The maximum atomic E-state index is 12.9. The Morgan fingerprint density at radius 1 is 1.22 bits per heavy atom. The van der Waals surface area contributed by atoms with Gasteiger partial charge in [0.25, 0.3) is 0 Å². The Morgan fingerprint density at radius 2 is 2.03 bits per heavy atom. The number of amides is 3. The van der Waals surface area contributed by atoms with Gasteiger partial charge in [0.05, 0.1) is 17.0 Å². The molecule has 4 heterocycles. The number of rotatable bonds is 2. The summed E-state index contributed by atoms with van der Waals surface area (Å²) in [5, 5.41) is 18.9. The van der Waals surface area contributed by atoms with Crippen molar-refractivity contribution in [1.29, 1.82) is 0 Å². The molecule has 1 spiro atoms. The molecular weight excluding hydrogens is 460 g/mol. The molecule has 3 amide bonds. The number of benzene rings is 1. The molecule has 3 atom stereocenters. The highest BCUT2D eigenvalue weighted by Crippen LogP contribution is 2.50. The molecule has 3 fully saturated rings.